The minimum absolute atomic E-state index is 0.0407. The highest BCUT2D eigenvalue weighted by atomic mass is 16.4. The van der Waals surface area contributed by atoms with Crippen LogP contribution in [0.2, 0.25) is 0 Å². The van der Waals surface area contributed by atoms with Gasteiger partial charge in [-0.2, -0.15) is 0 Å². The molecule has 0 spiro atoms. The first-order chi connectivity index (χ1) is 7.02. The van der Waals surface area contributed by atoms with Crippen LogP contribution < -0.4 is 5.32 Å². The highest BCUT2D eigenvalue weighted by Crippen LogP contribution is 2.14. The number of pyridine rings is 1. The van der Waals surface area contributed by atoms with Gasteiger partial charge in [-0.3, -0.25) is 9.78 Å². The summed E-state index contributed by atoms with van der Waals surface area (Å²) in [6, 6.07) is 1.35. The summed E-state index contributed by atoms with van der Waals surface area (Å²) in [5.41, 5.74) is 0.266. The molecule has 0 saturated carbocycles. The minimum Gasteiger partial charge on any atom is -0.478 e. The summed E-state index contributed by atoms with van der Waals surface area (Å²) < 4.78 is 0. The van der Waals surface area contributed by atoms with Crippen molar-refractivity contribution in [2.24, 2.45) is 5.92 Å². The second-order valence-electron chi connectivity index (χ2n) is 3.37. The SMILES string of the molecule is CC(C)C(=O)Nc1cnccc1C(=O)O. The molecule has 0 radical (unpaired) electrons. The molecule has 1 aromatic heterocycles. The molecular formula is C10H12N2O3. The van der Waals surface area contributed by atoms with Crippen LogP contribution in [0.3, 0.4) is 0 Å². The number of carbonyl (C=O) groups is 2. The van der Waals surface area contributed by atoms with Gasteiger partial charge in [0, 0.05) is 12.1 Å². The van der Waals surface area contributed by atoms with Gasteiger partial charge in [-0.05, 0) is 6.07 Å². The average molecular weight is 208 g/mol. The van der Waals surface area contributed by atoms with Gasteiger partial charge in [-0.25, -0.2) is 4.79 Å². The minimum atomic E-state index is -1.09. The van der Waals surface area contributed by atoms with Gasteiger partial charge in [0.2, 0.25) is 5.91 Å². The molecule has 0 aliphatic carbocycles. The first-order valence-corrected chi connectivity index (χ1v) is 4.50. The molecule has 5 heteroatoms. The zero-order chi connectivity index (χ0) is 11.4. The lowest BCUT2D eigenvalue weighted by Crippen LogP contribution is -2.19. The molecule has 0 aliphatic heterocycles. The third-order valence-electron chi connectivity index (χ3n) is 1.83. The molecule has 1 heterocycles. The second kappa shape index (κ2) is 4.54. The maximum absolute atomic E-state index is 11.4. The summed E-state index contributed by atoms with van der Waals surface area (Å²) in [6.45, 7) is 3.46. The Bertz CT molecular complexity index is 388. The van der Waals surface area contributed by atoms with E-state index in [1.165, 1.54) is 18.5 Å². The second-order valence-corrected chi connectivity index (χ2v) is 3.37. The Kier molecular flexibility index (Phi) is 3.38. The lowest BCUT2D eigenvalue weighted by molar-refractivity contribution is -0.118. The smallest absolute Gasteiger partial charge is 0.337 e. The van der Waals surface area contributed by atoms with Crippen LogP contribution in [0.4, 0.5) is 5.69 Å². The fraction of sp³-hybridized carbons (Fsp3) is 0.300. The molecule has 5 nitrogen and oxygen atoms in total. The van der Waals surface area contributed by atoms with Crippen molar-refractivity contribution in [1.29, 1.82) is 0 Å². The number of hydrogen-bond donors (Lipinski definition) is 2. The van der Waals surface area contributed by atoms with E-state index in [9.17, 15) is 9.59 Å². The number of aromatic carboxylic acids is 1. The van der Waals surface area contributed by atoms with E-state index < -0.39 is 5.97 Å². The number of anilines is 1. The van der Waals surface area contributed by atoms with Crippen LogP contribution in [0.5, 0.6) is 0 Å². The molecule has 0 bridgehead atoms. The maximum atomic E-state index is 11.4. The van der Waals surface area contributed by atoms with E-state index >= 15 is 0 Å². The number of carboxylic acids is 1. The summed E-state index contributed by atoms with van der Waals surface area (Å²) in [6.07, 6.45) is 2.69. The molecule has 0 aliphatic rings. The molecule has 80 valence electrons. The molecule has 0 saturated heterocycles. The van der Waals surface area contributed by atoms with E-state index in [2.05, 4.69) is 10.3 Å². The number of amides is 1. The normalized spacial score (nSPS) is 10.1. The molecule has 0 atom stereocenters. The van der Waals surface area contributed by atoms with Crippen LogP contribution in [0.1, 0.15) is 24.2 Å². The Morgan fingerprint density at radius 2 is 2.13 bits per heavy atom. The van der Waals surface area contributed by atoms with Crippen molar-refractivity contribution in [1.82, 2.24) is 4.98 Å². The Labute approximate surface area is 87.1 Å². The summed E-state index contributed by atoms with van der Waals surface area (Å²) >= 11 is 0. The van der Waals surface area contributed by atoms with E-state index in [1.807, 2.05) is 0 Å². The third-order valence-corrected chi connectivity index (χ3v) is 1.83. The van der Waals surface area contributed by atoms with Crippen molar-refractivity contribution in [2.45, 2.75) is 13.8 Å². The third kappa shape index (κ3) is 2.77. The molecule has 1 aromatic rings. The number of nitrogens with zero attached hydrogens (tertiary/aromatic N) is 1. The van der Waals surface area contributed by atoms with Crippen LogP contribution in [0.25, 0.3) is 0 Å². The summed E-state index contributed by atoms with van der Waals surface area (Å²) in [5, 5.41) is 11.3. The van der Waals surface area contributed by atoms with Gasteiger partial charge in [-0.1, -0.05) is 13.8 Å². The standard InChI is InChI=1S/C10H12N2O3/c1-6(2)9(13)12-8-5-11-4-3-7(8)10(14)15/h3-6H,1-2H3,(H,12,13)(H,14,15). The van der Waals surface area contributed by atoms with E-state index in [0.717, 1.165) is 0 Å². The Hall–Kier alpha value is -1.91. The van der Waals surface area contributed by atoms with Crippen LogP contribution in [-0.4, -0.2) is 22.0 Å². The van der Waals surface area contributed by atoms with E-state index in [1.54, 1.807) is 13.8 Å². The van der Waals surface area contributed by atoms with Crippen LogP contribution in [0.15, 0.2) is 18.5 Å². The number of rotatable bonds is 3. The number of carboxylic acid groups (broad SMARTS) is 1. The highest BCUT2D eigenvalue weighted by molar-refractivity contribution is 6.00. The van der Waals surface area contributed by atoms with Crippen LogP contribution >= 0.6 is 0 Å². The van der Waals surface area contributed by atoms with Crippen LogP contribution in [0, 0.1) is 5.92 Å². The van der Waals surface area contributed by atoms with Gasteiger partial charge in [0.25, 0.3) is 0 Å². The monoisotopic (exact) mass is 208 g/mol. The van der Waals surface area contributed by atoms with E-state index in [0.29, 0.717) is 0 Å². The quantitative estimate of drug-likeness (QED) is 0.786. The Morgan fingerprint density at radius 3 is 2.67 bits per heavy atom. The van der Waals surface area contributed by atoms with Gasteiger partial charge in [0.15, 0.2) is 0 Å². The van der Waals surface area contributed by atoms with Crippen molar-refractivity contribution in [3.05, 3.63) is 24.0 Å². The highest BCUT2D eigenvalue weighted by Gasteiger charge is 2.13. The molecule has 0 aromatic carbocycles. The zero-order valence-electron chi connectivity index (χ0n) is 8.52. The van der Waals surface area contributed by atoms with Crippen molar-refractivity contribution in [3.63, 3.8) is 0 Å². The van der Waals surface area contributed by atoms with Gasteiger partial charge in [0.1, 0.15) is 0 Å². The molecule has 0 fully saturated rings. The molecule has 2 N–H and O–H groups in total. The van der Waals surface area contributed by atoms with Crippen LogP contribution in [-0.2, 0) is 4.79 Å². The van der Waals surface area contributed by atoms with Crippen molar-refractivity contribution in [2.75, 3.05) is 5.32 Å². The molecule has 1 rings (SSSR count). The van der Waals surface area contributed by atoms with Gasteiger partial charge in [-0.15, -0.1) is 0 Å². The predicted octanol–water partition coefficient (Wildman–Crippen LogP) is 1.37. The number of aromatic nitrogens is 1. The fourth-order valence-electron chi connectivity index (χ4n) is 0.958. The first kappa shape index (κ1) is 11.2. The average Bonchev–Trinajstić information content (AvgIpc) is 2.18. The topological polar surface area (TPSA) is 79.3 Å². The number of hydrogen-bond acceptors (Lipinski definition) is 3. The first-order valence-electron chi connectivity index (χ1n) is 4.50. The largest absolute Gasteiger partial charge is 0.478 e. The zero-order valence-corrected chi connectivity index (χ0v) is 8.52. The van der Waals surface area contributed by atoms with E-state index in [-0.39, 0.29) is 23.1 Å². The maximum Gasteiger partial charge on any atom is 0.337 e. The number of carbonyl (C=O) groups excluding carboxylic acids is 1. The van der Waals surface area contributed by atoms with Gasteiger partial charge < -0.3 is 10.4 Å². The lowest BCUT2D eigenvalue weighted by atomic mass is 10.2. The molecule has 0 unspecified atom stereocenters. The number of nitrogens with one attached hydrogen (secondary N) is 1. The van der Waals surface area contributed by atoms with Crippen molar-refractivity contribution in [3.8, 4) is 0 Å². The molecule has 15 heavy (non-hydrogen) atoms. The summed E-state index contributed by atoms with van der Waals surface area (Å²) in [4.78, 5) is 25.9. The lowest BCUT2D eigenvalue weighted by Gasteiger charge is -2.09. The van der Waals surface area contributed by atoms with Gasteiger partial charge in [0.05, 0.1) is 17.4 Å². The summed E-state index contributed by atoms with van der Waals surface area (Å²) in [5.74, 6) is -1.52. The fourth-order valence-corrected chi connectivity index (χ4v) is 0.958. The summed E-state index contributed by atoms with van der Waals surface area (Å²) in [7, 11) is 0. The van der Waals surface area contributed by atoms with Gasteiger partial charge >= 0.3 is 5.97 Å². The van der Waals surface area contributed by atoms with E-state index in [4.69, 9.17) is 5.11 Å². The van der Waals surface area contributed by atoms with Crippen molar-refractivity contribution >= 4 is 17.6 Å². The van der Waals surface area contributed by atoms with Crippen molar-refractivity contribution < 1.29 is 14.7 Å². The predicted molar refractivity (Wildman–Crippen MR) is 54.7 cm³/mol. The molecule has 1 amide bonds. The Morgan fingerprint density at radius 1 is 1.47 bits per heavy atom. The molecular weight excluding hydrogens is 196 g/mol. The Balaban J connectivity index is 2.94.